The van der Waals surface area contributed by atoms with Crippen LogP contribution >= 0.6 is 0 Å². The number of aromatic nitrogens is 1. The first kappa shape index (κ1) is 14.9. The third kappa shape index (κ3) is 2.48. The summed E-state index contributed by atoms with van der Waals surface area (Å²) in [6.45, 7) is 0.857. The van der Waals surface area contributed by atoms with Gasteiger partial charge in [-0.1, -0.05) is 18.2 Å². The van der Waals surface area contributed by atoms with Crippen molar-refractivity contribution in [2.24, 2.45) is 0 Å². The van der Waals surface area contributed by atoms with E-state index in [9.17, 15) is 4.79 Å². The van der Waals surface area contributed by atoms with Crippen LogP contribution in [0.2, 0.25) is 0 Å². The molecule has 0 spiro atoms. The number of rotatable bonds is 3. The minimum Gasteiger partial charge on any atom is -0.497 e. The maximum Gasteiger partial charge on any atom is 0.256 e. The van der Waals surface area contributed by atoms with Crippen LogP contribution in [0, 0.1) is 0 Å². The Kier molecular flexibility index (Phi) is 3.81. The number of carbonyl (C=O) groups is 1. The van der Waals surface area contributed by atoms with Gasteiger partial charge >= 0.3 is 0 Å². The van der Waals surface area contributed by atoms with Gasteiger partial charge < -0.3 is 9.64 Å². The molecule has 1 atom stereocenters. The van der Waals surface area contributed by atoms with E-state index in [-0.39, 0.29) is 5.91 Å². The number of benzene rings is 1. The molecule has 1 aromatic heterocycles. The fourth-order valence-electron chi connectivity index (χ4n) is 3.75. The summed E-state index contributed by atoms with van der Waals surface area (Å²) < 4.78 is 5.25. The Bertz CT molecular complexity index is 781. The highest BCUT2D eigenvalue weighted by Crippen LogP contribution is 2.40. The summed E-state index contributed by atoms with van der Waals surface area (Å²) in [6, 6.07) is 14.0. The molecule has 2 aliphatic heterocycles. The van der Waals surface area contributed by atoms with Crippen LogP contribution in [0.25, 0.3) is 11.1 Å². The molecule has 4 rings (SSSR count). The van der Waals surface area contributed by atoms with E-state index in [2.05, 4.69) is 4.98 Å². The second-order valence-electron chi connectivity index (χ2n) is 6.30. The summed E-state index contributed by atoms with van der Waals surface area (Å²) >= 11 is 0. The summed E-state index contributed by atoms with van der Waals surface area (Å²) in [5.74, 6) is 0.941. The van der Waals surface area contributed by atoms with Crippen molar-refractivity contribution >= 4 is 17.1 Å². The first-order chi connectivity index (χ1) is 11.8. The first-order valence-electron chi connectivity index (χ1n) is 8.38. The van der Waals surface area contributed by atoms with Gasteiger partial charge in [0.05, 0.1) is 18.4 Å². The standard InChI is InChI=1S/C20H20N2O2/c1-24-16-9-7-14(8-10-16)17-13-15-5-4-12-22(15)20(23)19(17)18-6-2-3-11-21-18/h2-3,6-11,15H,4-5,12-13H2,1H3. The lowest BCUT2D eigenvalue weighted by Crippen LogP contribution is -2.40. The number of hydrogen-bond acceptors (Lipinski definition) is 3. The maximum absolute atomic E-state index is 13.1. The van der Waals surface area contributed by atoms with Crippen LogP contribution < -0.4 is 4.74 Å². The number of amides is 1. The Morgan fingerprint density at radius 1 is 1.17 bits per heavy atom. The molecule has 4 nitrogen and oxygen atoms in total. The molecule has 0 bridgehead atoms. The average molecular weight is 320 g/mol. The van der Waals surface area contributed by atoms with Gasteiger partial charge in [0, 0.05) is 18.8 Å². The highest BCUT2D eigenvalue weighted by atomic mass is 16.5. The molecule has 2 aliphatic rings. The summed E-state index contributed by atoms with van der Waals surface area (Å²) in [6.07, 6.45) is 4.81. The molecule has 2 aromatic rings. The van der Waals surface area contributed by atoms with E-state index in [4.69, 9.17) is 4.74 Å². The second kappa shape index (κ2) is 6.11. The van der Waals surface area contributed by atoms with E-state index in [0.29, 0.717) is 6.04 Å². The Hall–Kier alpha value is -2.62. The van der Waals surface area contributed by atoms with Gasteiger partial charge in [0.1, 0.15) is 5.75 Å². The van der Waals surface area contributed by atoms with Crippen molar-refractivity contribution in [1.29, 1.82) is 0 Å². The Morgan fingerprint density at radius 2 is 2.00 bits per heavy atom. The van der Waals surface area contributed by atoms with Crippen molar-refractivity contribution in [2.75, 3.05) is 13.7 Å². The predicted octanol–water partition coefficient (Wildman–Crippen LogP) is 3.40. The summed E-state index contributed by atoms with van der Waals surface area (Å²) in [4.78, 5) is 19.6. The van der Waals surface area contributed by atoms with E-state index < -0.39 is 0 Å². The molecule has 0 N–H and O–H groups in total. The molecule has 3 heterocycles. The maximum atomic E-state index is 13.1. The molecule has 4 heteroatoms. The molecule has 1 fully saturated rings. The van der Waals surface area contributed by atoms with E-state index in [1.165, 1.54) is 0 Å². The lowest BCUT2D eigenvalue weighted by Gasteiger charge is -2.33. The van der Waals surface area contributed by atoms with Crippen molar-refractivity contribution in [3.05, 3.63) is 59.9 Å². The number of nitrogens with zero attached hydrogens (tertiary/aromatic N) is 2. The number of methoxy groups -OCH3 is 1. The third-order valence-corrected chi connectivity index (χ3v) is 4.95. The van der Waals surface area contributed by atoms with Crippen LogP contribution in [0.5, 0.6) is 5.75 Å². The minimum absolute atomic E-state index is 0.119. The fourth-order valence-corrected chi connectivity index (χ4v) is 3.75. The smallest absolute Gasteiger partial charge is 0.256 e. The van der Waals surface area contributed by atoms with Crippen molar-refractivity contribution in [3.8, 4) is 5.75 Å². The van der Waals surface area contributed by atoms with Crippen LogP contribution in [0.15, 0.2) is 48.7 Å². The van der Waals surface area contributed by atoms with Crippen LogP contribution in [-0.2, 0) is 4.79 Å². The Balaban J connectivity index is 1.86. The van der Waals surface area contributed by atoms with E-state index >= 15 is 0 Å². The lowest BCUT2D eigenvalue weighted by molar-refractivity contribution is -0.126. The van der Waals surface area contributed by atoms with Crippen molar-refractivity contribution in [2.45, 2.75) is 25.3 Å². The fraction of sp³-hybridized carbons (Fsp3) is 0.300. The minimum atomic E-state index is 0.119. The zero-order valence-corrected chi connectivity index (χ0v) is 13.7. The topological polar surface area (TPSA) is 42.4 Å². The SMILES string of the molecule is COc1ccc(C2=C(c3ccccn3)C(=O)N3CCCC3C2)cc1. The molecule has 122 valence electrons. The van der Waals surface area contributed by atoms with Crippen LogP contribution in [0.3, 0.4) is 0 Å². The lowest BCUT2D eigenvalue weighted by atomic mass is 9.87. The quantitative estimate of drug-likeness (QED) is 0.870. The first-order valence-corrected chi connectivity index (χ1v) is 8.38. The van der Waals surface area contributed by atoms with Gasteiger partial charge in [-0.15, -0.1) is 0 Å². The Morgan fingerprint density at radius 3 is 2.71 bits per heavy atom. The predicted molar refractivity (Wildman–Crippen MR) is 93.4 cm³/mol. The van der Waals surface area contributed by atoms with Crippen molar-refractivity contribution in [1.82, 2.24) is 9.88 Å². The zero-order valence-electron chi connectivity index (χ0n) is 13.7. The van der Waals surface area contributed by atoms with Crippen molar-refractivity contribution < 1.29 is 9.53 Å². The highest BCUT2D eigenvalue weighted by Gasteiger charge is 2.38. The molecule has 24 heavy (non-hydrogen) atoms. The molecular formula is C20H20N2O2. The molecule has 1 unspecified atom stereocenters. The van der Waals surface area contributed by atoms with Gasteiger partial charge in [-0.3, -0.25) is 9.78 Å². The van der Waals surface area contributed by atoms with Crippen molar-refractivity contribution in [3.63, 3.8) is 0 Å². The van der Waals surface area contributed by atoms with E-state index in [0.717, 1.165) is 54.0 Å². The van der Waals surface area contributed by atoms with Gasteiger partial charge in [-0.2, -0.15) is 0 Å². The summed E-state index contributed by atoms with van der Waals surface area (Å²) in [7, 11) is 1.66. The third-order valence-electron chi connectivity index (χ3n) is 4.95. The number of hydrogen-bond donors (Lipinski definition) is 0. The number of pyridine rings is 1. The van der Waals surface area contributed by atoms with Crippen LogP contribution in [0.1, 0.15) is 30.5 Å². The zero-order chi connectivity index (χ0) is 16.5. The van der Waals surface area contributed by atoms with Gasteiger partial charge in [0.2, 0.25) is 0 Å². The highest BCUT2D eigenvalue weighted by molar-refractivity contribution is 6.27. The van der Waals surface area contributed by atoms with E-state index in [1.807, 2.05) is 47.4 Å². The molecule has 0 radical (unpaired) electrons. The van der Waals surface area contributed by atoms with Gasteiger partial charge in [0.15, 0.2) is 0 Å². The monoisotopic (exact) mass is 320 g/mol. The number of ether oxygens (including phenoxy) is 1. The van der Waals surface area contributed by atoms with E-state index in [1.54, 1.807) is 13.3 Å². The van der Waals surface area contributed by atoms with Gasteiger partial charge in [-0.25, -0.2) is 0 Å². The van der Waals surface area contributed by atoms with Gasteiger partial charge in [0.25, 0.3) is 5.91 Å². The second-order valence-corrected chi connectivity index (χ2v) is 6.30. The normalized spacial score (nSPS) is 20.3. The number of fused-ring (bicyclic) bond motifs is 1. The molecular weight excluding hydrogens is 300 g/mol. The molecule has 0 saturated carbocycles. The molecule has 1 saturated heterocycles. The summed E-state index contributed by atoms with van der Waals surface area (Å²) in [5, 5.41) is 0. The molecule has 1 amide bonds. The largest absolute Gasteiger partial charge is 0.497 e. The average Bonchev–Trinajstić information content (AvgIpc) is 3.11. The summed E-state index contributed by atoms with van der Waals surface area (Å²) in [5.41, 5.74) is 3.69. The molecule has 0 aliphatic carbocycles. The van der Waals surface area contributed by atoms with Crippen LogP contribution in [-0.4, -0.2) is 35.5 Å². The molecule has 1 aromatic carbocycles. The number of carbonyl (C=O) groups excluding carboxylic acids is 1. The van der Waals surface area contributed by atoms with Crippen LogP contribution in [0.4, 0.5) is 0 Å². The Labute approximate surface area is 141 Å². The van der Waals surface area contributed by atoms with Gasteiger partial charge in [-0.05, 0) is 54.7 Å².